The van der Waals surface area contributed by atoms with Crippen LogP contribution in [0, 0.1) is 17.0 Å². The number of nitrogens with zero attached hydrogens (tertiary/aromatic N) is 1. The number of nitro benzene ring substituents is 1. The Morgan fingerprint density at radius 1 is 1.14 bits per heavy atom. The van der Waals surface area contributed by atoms with Gasteiger partial charge >= 0.3 is 0 Å². The summed E-state index contributed by atoms with van der Waals surface area (Å²) in [6.07, 6.45) is 0.646. The number of para-hydroxylation sites is 1. The fraction of sp³-hybridized carbons (Fsp3) is 0.294. The highest BCUT2D eigenvalue weighted by Gasteiger charge is 2.12. The molecule has 0 aromatic heterocycles. The largest absolute Gasteiger partial charge is 0.310 e. The maximum Gasteiger partial charge on any atom is 0.272 e. The molecule has 0 aliphatic heterocycles. The molecule has 0 amide bonds. The Kier molecular flexibility index (Phi) is 5.06. The van der Waals surface area contributed by atoms with Gasteiger partial charge in [-0.2, -0.15) is 0 Å². The Labute approximate surface area is 125 Å². The summed E-state index contributed by atoms with van der Waals surface area (Å²) < 4.78 is 0. The van der Waals surface area contributed by atoms with Crippen LogP contribution in [0.3, 0.4) is 0 Å². The van der Waals surface area contributed by atoms with Crippen molar-refractivity contribution in [3.8, 4) is 0 Å². The fourth-order valence-corrected chi connectivity index (χ4v) is 2.51. The van der Waals surface area contributed by atoms with E-state index in [-0.39, 0.29) is 16.7 Å². The Balaban J connectivity index is 1.96. The van der Waals surface area contributed by atoms with Crippen molar-refractivity contribution >= 4 is 5.69 Å². The Bertz CT molecular complexity index is 626. The number of nitro groups is 1. The number of hydrogen-bond donors (Lipinski definition) is 1. The second-order valence-electron chi connectivity index (χ2n) is 5.17. The molecular formula is C17H20N2O2. The lowest BCUT2D eigenvalue weighted by Crippen LogP contribution is -2.22. The average Bonchev–Trinajstić information content (AvgIpc) is 2.48. The van der Waals surface area contributed by atoms with Crippen LogP contribution in [0.1, 0.15) is 29.7 Å². The minimum Gasteiger partial charge on any atom is -0.310 e. The zero-order valence-electron chi connectivity index (χ0n) is 12.4. The van der Waals surface area contributed by atoms with Crippen LogP contribution in [0.4, 0.5) is 5.69 Å². The molecule has 0 unspecified atom stereocenters. The Hall–Kier alpha value is -2.20. The van der Waals surface area contributed by atoms with Gasteiger partial charge in [-0.25, -0.2) is 0 Å². The molecule has 21 heavy (non-hydrogen) atoms. The third-order valence-electron chi connectivity index (χ3n) is 3.69. The van der Waals surface area contributed by atoms with Crippen molar-refractivity contribution in [2.24, 2.45) is 0 Å². The standard InChI is InChI=1S/C17H20N2O2/c1-13-7-3-5-9-16(13)14(2)18-12-11-15-8-4-6-10-17(15)19(20)21/h3-10,14,18H,11-12H2,1-2H3/t14-/m1/s1. The molecule has 0 aliphatic rings. The SMILES string of the molecule is Cc1ccccc1[C@@H](C)NCCc1ccccc1[N+](=O)[O-]. The molecule has 2 aromatic carbocycles. The first-order chi connectivity index (χ1) is 10.1. The van der Waals surface area contributed by atoms with Crippen LogP contribution in [0.15, 0.2) is 48.5 Å². The molecule has 1 N–H and O–H groups in total. The number of rotatable bonds is 6. The van der Waals surface area contributed by atoms with Crippen LogP contribution in [-0.4, -0.2) is 11.5 Å². The molecular weight excluding hydrogens is 264 g/mol. The Morgan fingerprint density at radius 3 is 2.52 bits per heavy atom. The molecule has 0 saturated heterocycles. The summed E-state index contributed by atoms with van der Waals surface area (Å²) in [7, 11) is 0. The van der Waals surface area contributed by atoms with Gasteiger partial charge in [-0.05, 0) is 37.9 Å². The highest BCUT2D eigenvalue weighted by atomic mass is 16.6. The van der Waals surface area contributed by atoms with Crippen molar-refractivity contribution in [1.82, 2.24) is 5.32 Å². The predicted octanol–water partition coefficient (Wildman–Crippen LogP) is 3.80. The molecule has 0 aliphatic carbocycles. The van der Waals surface area contributed by atoms with Gasteiger partial charge in [0.2, 0.25) is 0 Å². The van der Waals surface area contributed by atoms with E-state index in [0.29, 0.717) is 13.0 Å². The maximum atomic E-state index is 11.0. The second kappa shape index (κ2) is 6.99. The molecule has 0 spiro atoms. The van der Waals surface area contributed by atoms with E-state index in [0.717, 1.165) is 5.56 Å². The van der Waals surface area contributed by atoms with Gasteiger partial charge in [0.1, 0.15) is 0 Å². The van der Waals surface area contributed by atoms with E-state index in [9.17, 15) is 10.1 Å². The normalized spacial score (nSPS) is 12.1. The van der Waals surface area contributed by atoms with Gasteiger partial charge < -0.3 is 5.32 Å². The second-order valence-corrected chi connectivity index (χ2v) is 5.17. The molecule has 0 saturated carbocycles. The number of aryl methyl sites for hydroxylation is 1. The van der Waals surface area contributed by atoms with E-state index in [1.54, 1.807) is 12.1 Å². The van der Waals surface area contributed by atoms with Gasteiger partial charge in [0, 0.05) is 17.7 Å². The lowest BCUT2D eigenvalue weighted by Gasteiger charge is -2.16. The van der Waals surface area contributed by atoms with E-state index in [2.05, 4.69) is 31.3 Å². The van der Waals surface area contributed by atoms with E-state index < -0.39 is 0 Å². The quantitative estimate of drug-likeness (QED) is 0.648. The fourth-order valence-electron chi connectivity index (χ4n) is 2.51. The van der Waals surface area contributed by atoms with E-state index in [1.807, 2.05) is 24.3 Å². The van der Waals surface area contributed by atoms with Gasteiger partial charge in [0.25, 0.3) is 5.69 Å². The van der Waals surface area contributed by atoms with E-state index >= 15 is 0 Å². The predicted molar refractivity (Wildman–Crippen MR) is 84.4 cm³/mol. The molecule has 0 heterocycles. The van der Waals surface area contributed by atoms with Crippen LogP contribution < -0.4 is 5.32 Å². The highest BCUT2D eigenvalue weighted by molar-refractivity contribution is 5.40. The van der Waals surface area contributed by atoms with Crippen molar-refractivity contribution in [2.45, 2.75) is 26.3 Å². The third kappa shape index (κ3) is 3.89. The summed E-state index contributed by atoms with van der Waals surface area (Å²) in [4.78, 5) is 10.7. The Morgan fingerprint density at radius 2 is 1.81 bits per heavy atom. The first-order valence-electron chi connectivity index (χ1n) is 7.11. The third-order valence-corrected chi connectivity index (χ3v) is 3.69. The van der Waals surface area contributed by atoms with Gasteiger partial charge in [-0.15, -0.1) is 0 Å². The molecule has 4 nitrogen and oxygen atoms in total. The number of nitrogens with one attached hydrogen (secondary N) is 1. The minimum atomic E-state index is -0.319. The molecule has 1 atom stereocenters. The van der Waals surface area contributed by atoms with Crippen molar-refractivity contribution in [2.75, 3.05) is 6.54 Å². The molecule has 2 rings (SSSR count). The zero-order chi connectivity index (χ0) is 15.2. The van der Waals surface area contributed by atoms with Crippen molar-refractivity contribution in [1.29, 1.82) is 0 Å². The van der Waals surface area contributed by atoms with Crippen LogP contribution in [0.5, 0.6) is 0 Å². The van der Waals surface area contributed by atoms with Crippen molar-refractivity contribution in [3.05, 3.63) is 75.3 Å². The lowest BCUT2D eigenvalue weighted by molar-refractivity contribution is -0.385. The van der Waals surface area contributed by atoms with Crippen LogP contribution >= 0.6 is 0 Å². The number of benzene rings is 2. The topological polar surface area (TPSA) is 55.2 Å². The molecule has 110 valence electrons. The molecule has 2 aromatic rings. The highest BCUT2D eigenvalue weighted by Crippen LogP contribution is 2.19. The zero-order valence-corrected chi connectivity index (χ0v) is 12.4. The summed E-state index contributed by atoms with van der Waals surface area (Å²) in [6, 6.07) is 15.4. The van der Waals surface area contributed by atoms with Crippen LogP contribution in [0.25, 0.3) is 0 Å². The van der Waals surface area contributed by atoms with E-state index in [1.165, 1.54) is 11.1 Å². The summed E-state index contributed by atoms with van der Waals surface area (Å²) in [6.45, 7) is 4.91. The van der Waals surface area contributed by atoms with Gasteiger partial charge in [-0.3, -0.25) is 10.1 Å². The summed E-state index contributed by atoms with van der Waals surface area (Å²) >= 11 is 0. The average molecular weight is 284 g/mol. The smallest absolute Gasteiger partial charge is 0.272 e. The maximum absolute atomic E-state index is 11.0. The van der Waals surface area contributed by atoms with Crippen LogP contribution in [-0.2, 0) is 6.42 Å². The first kappa shape index (κ1) is 15.2. The molecule has 0 bridgehead atoms. The van der Waals surface area contributed by atoms with Crippen molar-refractivity contribution < 1.29 is 4.92 Å². The summed E-state index contributed by atoms with van der Waals surface area (Å²) in [5.74, 6) is 0. The van der Waals surface area contributed by atoms with Gasteiger partial charge in [0.05, 0.1) is 4.92 Å². The van der Waals surface area contributed by atoms with Gasteiger partial charge in [0.15, 0.2) is 0 Å². The summed E-state index contributed by atoms with van der Waals surface area (Å²) in [5.41, 5.74) is 3.48. The van der Waals surface area contributed by atoms with Crippen molar-refractivity contribution in [3.63, 3.8) is 0 Å². The summed E-state index contributed by atoms with van der Waals surface area (Å²) in [5, 5.41) is 14.4. The molecule has 0 fully saturated rings. The number of hydrogen-bond acceptors (Lipinski definition) is 3. The van der Waals surface area contributed by atoms with Crippen LogP contribution in [0.2, 0.25) is 0 Å². The molecule has 4 heteroatoms. The van der Waals surface area contributed by atoms with Gasteiger partial charge in [-0.1, -0.05) is 42.5 Å². The van der Waals surface area contributed by atoms with E-state index in [4.69, 9.17) is 0 Å². The first-order valence-corrected chi connectivity index (χ1v) is 7.11. The lowest BCUT2D eigenvalue weighted by atomic mass is 10.0. The minimum absolute atomic E-state index is 0.197. The monoisotopic (exact) mass is 284 g/mol. The molecule has 0 radical (unpaired) electrons.